The molecule has 0 radical (unpaired) electrons. The van der Waals surface area contributed by atoms with Gasteiger partial charge in [-0.05, 0) is 29.3 Å². The van der Waals surface area contributed by atoms with E-state index in [9.17, 15) is 14.4 Å². The molecule has 0 spiro atoms. The van der Waals surface area contributed by atoms with Gasteiger partial charge in [0.1, 0.15) is 13.6 Å². The summed E-state index contributed by atoms with van der Waals surface area (Å²) in [6, 6.07) is 19.8. The molecule has 0 bridgehead atoms. The molecule has 28 heavy (non-hydrogen) atoms. The van der Waals surface area contributed by atoms with Gasteiger partial charge in [0, 0.05) is 12.5 Å². The Morgan fingerprint density at radius 3 is 2.39 bits per heavy atom. The minimum Gasteiger partial charge on any atom is -0.426 e. The van der Waals surface area contributed by atoms with Gasteiger partial charge in [-0.25, -0.2) is 0 Å². The lowest BCUT2D eigenvalue weighted by Crippen LogP contribution is -2.18. The highest BCUT2D eigenvalue weighted by molar-refractivity contribution is 6.33. The standard InChI is InChI=1S/C22H18BNO4/c1-14(26)28-21-10-9-18(23)12-19(21)22(27)24-20-11-16(7-8-17(20)13-25)15-5-3-2-4-6-15/h2-13H,23H2,1H3,(H,24,27). The van der Waals surface area contributed by atoms with Gasteiger partial charge in [-0.1, -0.05) is 54.0 Å². The van der Waals surface area contributed by atoms with Crippen LogP contribution in [0.1, 0.15) is 27.6 Å². The first kappa shape index (κ1) is 19.1. The van der Waals surface area contributed by atoms with Crippen LogP contribution in [0.3, 0.4) is 0 Å². The Kier molecular flexibility index (Phi) is 5.70. The molecule has 0 unspecified atom stereocenters. The number of benzene rings is 3. The van der Waals surface area contributed by atoms with Gasteiger partial charge in [-0.15, -0.1) is 0 Å². The third-order valence-corrected chi connectivity index (χ3v) is 4.17. The van der Waals surface area contributed by atoms with Crippen molar-refractivity contribution in [2.45, 2.75) is 6.92 Å². The van der Waals surface area contributed by atoms with Crippen molar-refractivity contribution in [1.29, 1.82) is 0 Å². The molecule has 5 nitrogen and oxygen atoms in total. The number of esters is 1. The first-order valence-electron chi connectivity index (χ1n) is 8.73. The highest BCUT2D eigenvalue weighted by Gasteiger charge is 2.16. The van der Waals surface area contributed by atoms with E-state index < -0.39 is 11.9 Å². The van der Waals surface area contributed by atoms with Gasteiger partial charge in [0.2, 0.25) is 0 Å². The van der Waals surface area contributed by atoms with E-state index in [1.807, 2.05) is 44.2 Å². The van der Waals surface area contributed by atoms with Gasteiger partial charge in [0.05, 0.1) is 11.3 Å². The fraction of sp³-hybridized carbons (Fsp3) is 0.0455. The third-order valence-electron chi connectivity index (χ3n) is 4.17. The monoisotopic (exact) mass is 371 g/mol. The fourth-order valence-corrected chi connectivity index (χ4v) is 2.83. The number of amides is 1. The molecule has 0 aliphatic heterocycles. The van der Waals surface area contributed by atoms with Crippen LogP contribution in [0.5, 0.6) is 5.75 Å². The SMILES string of the molecule is Bc1ccc(OC(C)=O)c(C(=O)Nc2cc(-c3ccccc3)ccc2C=O)c1. The zero-order chi connectivity index (χ0) is 20.1. The second-order valence-electron chi connectivity index (χ2n) is 6.33. The molecule has 0 atom stereocenters. The Hall–Kier alpha value is -3.67. The van der Waals surface area contributed by atoms with Gasteiger partial charge >= 0.3 is 5.97 Å². The zero-order valence-corrected chi connectivity index (χ0v) is 15.6. The highest BCUT2D eigenvalue weighted by atomic mass is 16.5. The lowest BCUT2D eigenvalue weighted by atomic mass is 9.93. The predicted molar refractivity (Wildman–Crippen MR) is 111 cm³/mol. The van der Waals surface area contributed by atoms with Crippen LogP contribution >= 0.6 is 0 Å². The summed E-state index contributed by atoms with van der Waals surface area (Å²) >= 11 is 0. The summed E-state index contributed by atoms with van der Waals surface area (Å²) < 4.78 is 5.14. The minimum atomic E-state index is -0.516. The molecular formula is C22H18BNO4. The highest BCUT2D eigenvalue weighted by Crippen LogP contribution is 2.26. The van der Waals surface area contributed by atoms with Gasteiger partial charge < -0.3 is 10.1 Å². The molecule has 3 aromatic carbocycles. The Morgan fingerprint density at radius 2 is 1.71 bits per heavy atom. The molecule has 0 saturated heterocycles. The summed E-state index contributed by atoms with van der Waals surface area (Å²) in [7, 11) is 1.83. The Morgan fingerprint density at radius 1 is 0.964 bits per heavy atom. The molecule has 1 N–H and O–H groups in total. The predicted octanol–water partition coefficient (Wildman–Crippen LogP) is 2.60. The van der Waals surface area contributed by atoms with E-state index in [2.05, 4.69) is 5.32 Å². The summed E-state index contributed by atoms with van der Waals surface area (Å²) in [4.78, 5) is 35.6. The van der Waals surface area contributed by atoms with E-state index >= 15 is 0 Å². The topological polar surface area (TPSA) is 72.5 Å². The number of carbonyl (C=O) groups excluding carboxylic acids is 3. The van der Waals surface area contributed by atoms with Crippen LogP contribution in [-0.2, 0) is 4.79 Å². The number of hydrogen-bond donors (Lipinski definition) is 1. The van der Waals surface area contributed by atoms with Gasteiger partial charge in [0.25, 0.3) is 5.91 Å². The van der Waals surface area contributed by atoms with E-state index in [0.717, 1.165) is 16.6 Å². The molecule has 0 aromatic heterocycles. The minimum absolute atomic E-state index is 0.169. The van der Waals surface area contributed by atoms with E-state index in [0.29, 0.717) is 17.5 Å². The molecule has 0 heterocycles. The molecule has 3 aromatic rings. The Balaban J connectivity index is 1.97. The lowest BCUT2D eigenvalue weighted by Gasteiger charge is -2.13. The largest absolute Gasteiger partial charge is 0.426 e. The first-order chi connectivity index (χ1) is 13.5. The summed E-state index contributed by atoms with van der Waals surface area (Å²) in [5, 5.41) is 2.77. The van der Waals surface area contributed by atoms with E-state index in [1.54, 1.807) is 30.3 Å². The number of hydrogen-bond acceptors (Lipinski definition) is 4. The van der Waals surface area contributed by atoms with Crippen molar-refractivity contribution in [1.82, 2.24) is 0 Å². The second-order valence-corrected chi connectivity index (χ2v) is 6.33. The molecule has 3 rings (SSSR count). The maximum atomic E-state index is 12.9. The maximum Gasteiger partial charge on any atom is 0.308 e. The van der Waals surface area contributed by atoms with Crippen LogP contribution in [0.15, 0.2) is 66.7 Å². The summed E-state index contributed by atoms with van der Waals surface area (Å²) in [5.74, 6) is -0.812. The quantitative estimate of drug-likeness (QED) is 0.324. The van der Waals surface area contributed by atoms with Crippen LogP contribution < -0.4 is 15.5 Å². The smallest absolute Gasteiger partial charge is 0.308 e. The molecular weight excluding hydrogens is 353 g/mol. The molecule has 0 saturated carbocycles. The average Bonchev–Trinajstić information content (AvgIpc) is 2.69. The van der Waals surface area contributed by atoms with Crippen LogP contribution in [0.25, 0.3) is 11.1 Å². The van der Waals surface area contributed by atoms with Crippen molar-refractivity contribution in [2.75, 3.05) is 5.32 Å². The van der Waals surface area contributed by atoms with E-state index in [1.165, 1.54) is 6.92 Å². The molecule has 138 valence electrons. The molecule has 0 fully saturated rings. The van der Waals surface area contributed by atoms with Crippen molar-refractivity contribution in [3.8, 4) is 16.9 Å². The second kappa shape index (κ2) is 8.35. The molecule has 1 amide bonds. The fourth-order valence-electron chi connectivity index (χ4n) is 2.83. The van der Waals surface area contributed by atoms with Crippen LogP contribution in [0, 0.1) is 0 Å². The number of carbonyl (C=O) groups is 3. The average molecular weight is 371 g/mol. The maximum absolute atomic E-state index is 12.9. The third kappa shape index (κ3) is 4.35. The molecule has 6 heteroatoms. The number of ether oxygens (including phenoxy) is 1. The Bertz CT molecular complexity index is 1050. The summed E-state index contributed by atoms with van der Waals surface area (Å²) in [5.41, 5.74) is 3.63. The molecule has 0 aliphatic carbocycles. The number of nitrogens with one attached hydrogen (secondary N) is 1. The van der Waals surface area contributed by atoms with Crippen LogP contribution in [0.4, 0.5) is 5.69 Å². The first-order valence-corrected chi connectivity index (χ1v) is 8.73. The number of anilines is 1. The van der Waals surface area contributed by atoms with E-state index in [-0.39, 0.29) is 11.3 Å². The van der Waals surface area contributed by atoms with Crippen LogP contribution in [0.2, 0.25) is 0 Å². The molecule has 0 aliphatic rings. The normalized spacial score (nSPS) is 10.2. The summed E-state index contributed by atoms with van der Waals surface area (Å²) in [6.45, 7) is 1.27. The van der Waals surface area contributed by atoms with Gasteiger partial charge in [0.15, 0.2) is 6.29 Å². The van der Waals surface area contributed by atoms with Crippen LogP contribution in [-0.4, -0.2) is 26.0 Å². The summed E-state index contributed by atoms with van der Waals surface area (Å²) in [6.07, 6.45) is 0.688. The van der Waals surface area contributed by atoms with E-state index in [4.69, 9.17) is 4.74 Å². The number of rotatable bonds is 5. The Labute approximate surface area is 163 Å². The number of aldehydes is 1. The van der Waals surface area contributed by atoms with Crippen molar-refractivity contribution in [3.63, 3.8) is 0 Å². The van der Waals surface area contributed by atoms with Crippen molar-refractivity contribution in [2.24, 2.45) is 0 Å². The van der Waals surface area contributed by atoms with Gasteiger partial charge in [-0.2, -0.15) is 0 Å². The zero-order valence-electron chi connectivity index (χ0n) is 15.6. The van der Waals surface area contributed by atoms with Gasteiger partial charge in [-0.3, -0.25) is 14.4 Å². The van der Waals surface area contributed by atoms with Crippen molar-refractivity contribution in [3.05, 3.63) is 77.9 Å². The lowest BCUT2D eigenvalue weighted by molar-refractivity contribution is -0.131. The van der Waals surface area contributed by atoms with Crippen molar-refractivity contribution < 1.29 is 19.1 Å². The van der Waals surface area contributed by atoms with Crippen molar-refractivity contribution >= 4 is 37.2 Å².